The van der Waals surface area contributed by atoms with Gasteiger partial charge in [0.15, 0.2) is 5.60 Å². The molecule has 0 heterocycles. The molecule has 2 nitrogen and oxygen atoms in total. The molecule has 16 heavy (non-hydrogen) atoms. The van der Waals surface area contributed by atoms with Gasteiger partial charge >= 0.3 is 0 Å². The van der Waals surface area contributed by atoms with Gasteiger partial charge in [-0.1, -0.05) is 32.1 Å². The molecule has 0 amide bonds. The van der Waals surface area contributed by atoms with E-state index in [0.717, 1.165) is 24.7 Å². The largest absolute Gasteiger partial charge is 0.363 e. The normalized spacial score (nSPS) is 36.9. The van der Waals surface area contributed by atoms with E-state index in [9.17, 15) is 0 Å². The number of ether oxygens (including phenoxy) is 1. The van der Waals surface area contributed by atoms with Crippen molar-refractivity contribution in [3.63, 3.8) is 0 Å². The summed E-state index contributed by atoms with van der Waals surface area (Å²) in [5, 5.41) is 9.16. The molecule has 0 aliphatic heterocycles. The van der Waals surface area contributed by atoms with Gasteiger partial charge in [-0.05, 0) is 37.5 Å². The van der Waals surface area contributed by atoms with E-state index in [1.54, 1.807) is 7.11 Å². The Morgan fingerprint density at radius 2 is 1.56 bits per heavy atom. The van der Waals surface area contributed by atoms with Gasteiger partial charge in [0.1, 0.15) is 0 Å². The van der Waals surface area contributed by atoms with Crippen molar-refractivity contribution in [1.82, 2.24) is 0 Å². The Bertz CT molecular complexity index is 254. The lowest BCUT2D eigenvalue weighted by Gasteiger charge is -2.38. The summed E-state index contributed by atoms with van der Waals surface area (Å²) < 4.78 is 5.40. The lowest BCUT2D eigenvalue weighted by atomic mass is 9.70. The van der Waals surface area contributed by atoms with Crippen LogP contribution in [-0.2, 0) is 4.74 Å². The van der Waals surface area contributed by atoms with E-state index in [4.69, 9.17) is 10.00 Å². The molecule has 0 aromatic carbocycles. The first kappa shape index (κ1) is 11.9. The number of nitriles is 1. The molecule has 0 atom stereocenters. The molecule has 2 rings (SSSR count). The van der Waals surface area contributed by atoms with E-state index in [-0.39, 0.29) is 0 Å². The quantitative estimate of drug-likeness (QED) is 0.712. The molecule has 0 radical (unpaired) electrons. The lowest BCUT2D eigenvalue weighted by molar-refractivity contribution is -0.0129. The lowest BCUT2D eigenvalue weighted by Crippen LogP contribution is -2.36. The van der Waals surface area contributed by atoms with Gasteiger partial charge in [0.05, 0.1) is 6.07 Å². The second kappa shape index (κ2) is 5.19. The fraction of sp³-hybridized carbons (Fsp3) is 0.929. The van der Waals surface area contributed by atoms with Crippen molar-refractivity contribution >= 4 is 0 Å². The van der Waals surface area contributed by atoms with Crippen LogP contribution in [0.3, 0.4) is 0 Å². The highest BCUT2D eigenvalue weighted by molar-refractivity contribution is 5.04. The van der Waals surface area contributed by atoms with E-state index in [1.807, 2.05) is 0 Å². The van der Waals surface area contributed by atoms with Gasteiger partial charge in [0, 0.05) is 7.11 Å². The number of methoxy groups -OCH3 is 1. The van der Waals surface area contributed by atoms with Crippen LogP contribution in [0.2, 0.25) is 0 Å². The smallest absolute Gasteiger partial charge is 0.153 e. The van der Waals surface area contributed by atoms with Crippen LogP contribution in [0, 0.1) is 23.2 Å². The second-order valence-corrected chi connectivity index (χ2v) is 5.55. The van der Waals surface area contributed by atoms with Crippen molar-refractivity contribution in [1.29, 1.82) is 5.26 Å². The number of nitrogens with zero attached hydrogens (tertiary/aromatic N) is 1. The highest BCUT2D eigenvalue weighted by Crippen LogP contribution is 2.42. The van der Waals surface area contributed by atoms with Gasteiger partial charge in [-0.2, -0.15) is 5.26 Å². The summed E-state index contributed by atoms with van der Waals surface area (Å²) in [6, 6.07) is 2.37. The van der Waals surface area contributed by atoms with Crippen LogP contribution >= 0.6 is 0 Å². The summed E-state index contributed by atoms with van der Waals surface area (Å²) >= 11 is 0. The van der Waals surface area contributed by atoms with E-state index < -0.39 is 5.60 Å². The Balaban J connectivity index is 1.87. The van der Waals surface area contributed by atoms with Crippen molar-refractivity contribution in [3.8, 4) is 6.07 Å². The van der Waals surface area contributed by atoms with E-state index in [0.29, 0.717) is 0 Å². The molecule has 0 N–H and O–H groups in total. The minimum atomic E-state index is -0.453. The van der Waals surface area contributed by atoms with Crippen LogP contribution in [0.15, 0.2) is 0 Å². The Morgan fingerprint density at radius 1 is 1.00 bits per heavy atom. The first-order valence-electron chi connectivity index (χ1n) is 6.76. The van der Waals surface area contributed by atoms with Crippen molar-refractivity contribution in [2.24, 2.45) is 11.8 Å². The third-order valence-corrected chi connectivity index (χ3v) is 4.75. The fourth-order valence-electron chi connectivity index (χ4n) is 3.54. The maximum absolute atomic E-state index is 9.16. The zero-order chi connectivity index (χ0) is 11.4. The Hall–Kier alpha value is -0.550. The van der Waals surface area contributed by atoms with Gasteiger partial charge in [0.2, 0.25) is 0 Å². The van der Waals surface area contributed by atoms with Crippen LogP contribution in [0.4, 0.5) is 0 Å². The van der Waals surface area contributed by atoms with Gasteiger partial charge < -0.3 is 4.74 Å². The number of rotatable bonds is 2. The van der Waals surface area contributed by atoms with E-state index >= 15 is 0 Å². The Labute approximate surface area is 99.0 Å². The monoisotopic (exact) mass is 221 g/mol. The molecule has 0 saturated heterocycles. The molecule has 2 heteroatoms. The zero-order valence-electron chi connectivity index (χ0n) is 10.4. The van der Waals surface area contributed by atoms with E-state index in [1.165, 1.54) is 44.9 Å². The highest BCUT2D eigenvalue weighted by atomic mass is 16.5. The Kier molecular flexibility index (Phi) is 3.86. The molecule has 0 unspecified atom stereocenters. The van der Waals surface area contributed by atoms with E-state index in [2.05, 4.69) is 6.07 Å². The molecule has 0 aromatic rings. The summed E-state index contributed by atoms with van der Waals surface area (Å²) in [6.45, 7) is 0. The average Bonchev–Trinajstić information content (AvgIpc) is 2.40. The van der Waals surface area contributed by atoms with Crippen molar-refractivity contribution in [2.45, 2.75) is 63.4 Å². The summed E-state index contributed by atoms with van der Waals surface area (Å²) in [6.07, 6.45) is 11.4. The van der Waals surface area contributed by atoms with Crippen LogP contribution < -0.4 is 0 Å². The van der Waals surface area contributed by atoms with Gasteiger partial charge in [-0.3, -0.25) is 0 Å². The summed E-state index contributed by atoms with van der Waals surface area (Å²) in [7, 11) is 1.68. The number of hydrogen-bond acceptors (Lipinski definition) is 2. The van der Waals surface area contributed by atoms with Gasteiger partial charge in [0.25, 0.3) is 0 Å². The van der Waals surface area contributed by atoms with Gasteiger partial charge in [-0.25, -0.2) is 0 Å². The fourth-order valence-corrected chi connectivity index (χ4v) is 3.54. The SMILES string of the molecule is CO[C@]1(C#N)CC[C@@H](C2CCCCC2)CC1. The molecule has 2 aliphatic carbocycles. The number of hydrogen-bond donors (Lipinski definition) is 0. The van der Waals surface area contributed by atoms with Crippen molar-refractivity contribution in [3.05, 3.63) is 0 Å². The Morgan fingerprint density at radius 3 is 2.06 bits per heavy atom. The summed E-state index contributed by atoms with van der Waals surface area (Å²) in [5.41, 5.74) is -0.453. The van der Waals surface area contributed by atoms with Crippen LogP contribution in [-0.4, -0.2) is 12.7 Å². The molecular weight excluding hydrogens is 198 g/mol. The highest BCUT2D eigenvalue weighted by Gasteiger charge is 2.37. The van der Waals surface area contributed by atoms with Crippen molar-refractivity contribution < 1.29 is 4.74 Å². The first-order valence-corrected chi connectivity index (χ1v) is 6.76. The molecule has 2 fully saturated rings. The third kappa shape index (κ3) is 2.40. The van der Waals surface area contributed by atoms with Crippen LogP contribution in [0.1, 0.15) is 57.8 Å². The topological polar surface area (TPSA) is 33.0 Å². The predicted octanol–water partition coefficient (Wildman–Crippen LogP) is 3.67. The predicted molar refractivity (Wildman–Crippen MR) is 63.9 cm³/mol. The summed E-state index contributed by atoms with van der Waals surface area (Å²) in [4.78, 5) is 0. The van der Waals surface area contributed by atoms with Gasteiger partial charge in [-0.15, -0.1) is 0 Å². The zero-order valence-corrected chi connectivity index (χ0v) is 10.4. The van der Waals surface area contributed by atoms with Crippen molar-refractivity contribution in [2.75, 3.05) is 7.11 Å². The maximum Gasteiger partial charge on any atom is 0.153 e. The third-order valence-electron chi connectivity index (χ3n) is 4.75. The average molecular weight is 221 g/mol. The van der Waals surface area contributed by atoms with Crippen LogP contribution in [0.25, 0.3) is 0 Å². The van der Waals surface area contributed by atoms with Crippen LogP contribution in [0.5, 0.6) is 0 Å². The minimum Gasteiger partial charge on any atom is -0.363 e. The molecular formula is C14H23NO. The molecule has 2 aliphatic rings. The molecule has 0 spiro atoms. The first-order chi connectivity index (χ1) is 7.79. The standard InChI is InChI=1S/C14H23NO/c1-16-14(11-15)9-7-13(8-10-14)12-5-3-2-4-6-12/h12-13H,2-10H2,1H3/t13-,14-. The molecule has 0 bridgehead atoms. The second-order valence-electron chi connectivity index (χ2n) is 5.55. The maximum atomic E-state index is 9.16. The molecule has 0 aromatic heterocycles. The molecule has 90 valence electrons. The minimum absolute atomic E-state index is 0.453. The molecule has 2 saturated carbocycles. The summed E-state index contributed by atoms with van der Waals surface area (Å²) in [5.74, 6) is 1.82.